The lowest BCUT2D eigenvalue weighted by atomic mass is 10.2. The second kappa shape index (κ2) is 9.12. The third-order valence-corrected chi connectivity index (χ3v) is 5.51. The maximum Gasteiger partial charge on any atom is 0.337 e. The lowest BCUT2D eigenvalue weighted by Crippen LogP contribution is -2.17. The lowest BCUT2D eigenvalue weighted by Gasteiger charge is -2.10. The largest absolute Gasteiger partial charge is 0.507 e. The predicted octanol–water partition coefficient (Wildman–Crippen LogP) is 3.95. The Morgan fingerprint density at radius 2 is 1.77 bits per heavy atom. The molecule has 154 valence electrons. The van der Waals surface area contributed by atoms with Crippen LogP contribution in [0.25, 0.3) is 5.69 Å². The Labute approximate surface area is 187 Å². The standard InChI is InChI=1S/C22H20IN3O4/c1-13-10-17(12-24-25-21(28)16-6-9-19(23)20(27)11-16)14(2)26(13)18-7-4-15(5-8-18)22(29)30-3/h4-12,27H,1-3H3,(H,25,28)/b24-12-. The number of phenolic OH excluding ortho intramolecular Hbond substituents is 1. The number of aromatic nitrogens is 1. The maximum atomic E-state index is 12.2. The number of ether oxygens (including phenoxy) is 1. The Morgan fingerprint density at radius 1 is 1.10 bits per heavy atom. The molecule has 0 saturated carbocycles. The van der Waals surface area contributed by atoms with Gasteiger partial charge in [-0.3, -0.25) is 4.79 Å². The predicted molar refractivity (Wildman–Crippen MR) is 122 cm³/mol. The van der Waals surface area contributed by atoms with Crippen molar-refractivity contribution in [2.75, 3.05) is 7.11 Å². The number of amides is 1. The highest BCUT2D eigenvalue weighted by molar-refractivity contribution is 14.1. The van der Waals surface area contributed by atoms with Gasteiger partial charge in [-0.25, -0.2) is 10.2 Å². The fraction of sp³-hybridized carbons (Fsp3) is 0.136. The molecule has 0 aliphatic heterocycles. The summed E-state index contributed by atoms with van der Waals surface area (Å²) in [5.74, 6) is -0.744. The molecule has 8 heteroatoms. The molecule has 30 heavy (non-hydrogen) atoms. The first-order valence-electron chi connectivity index (χ1n) is 9.01. The van der Waals surface area contributed by atoms with Crippen LogP contribution >= 0.6 is 22.6 Å². The summed E-state index contributed by atoms with van der Waals surface area (Å²) in [6.07, 6.45) is 1.58. The molecule has 7 nitrogen and oxygen atoms in total. The zero-order chi connectivity index (χ0) is 21.8. The van der Waals surface area contributed by atoms with E-state index in [0.717, 1.165) is 22.6 Å². The fourth-order valence-corrected chi connectivity index (χ4v) is 3.39. The summed E-state index contributed by atoms with van der Waals surface area (Å²) in [6, 6.07) is 13.8. The van der Waals surface area contributed by atoms with Crippen molar-refractivity contribution >= 4 is 40.7 Å². The van der Waals surface area contributed by atoms with E-state index in [1.807, 2.05) is 59.2 Å². The van der Waals surface area contributed by atoms with Crippen molar-refractivity contribution < 1.29 is 19.4 Å². The average Bonchev–Trinajstić information content (AvgIpc) is 3.02. The van der Waals surface area contributed by atoms with Crippen molar-refractivity contribution in [1.82, 2.24) is 9.99 Å². The minimum absolute atomic E-state index is 0.0500. The molecule has 2 aromatic carbocycles. The molecule has 1 amide bonds. The number of hydrogen-bond acceptors (Lipinski definition) is 5. The molecule has 3 aromatic rings. The molecule has 0 atom stereocenters. The number of halogens is 1. The van der Waals surface area contributed by atoms with E-state index in [1.54, 1.807) is 30.5 Å². The highest BCUT2D eigenvalue weighted by Crippen LogP contribution is 2.21. The van der Waals surface area contributed by atoms with Gasteiger partial charge < -0.3 is 14.4 Å². The number of methoxy groups -OCH3 is 1. The number of esters is 1. The van der Waals surface area contributed by atoms with Crippen LogP contribution in [0.2, 0.25) is 0 Å². The van der Waals surface area contributed by atoms with Crippen LogP contribution in [0.3, 0.4) is 0 Å². The topological polar surface area (TPSA) is 92.9 Å². The van der Waals surface area contributed by atoms with Gasteiger partial charge in [0.15, 0.2) is 0 Å². The number of nitrogens with one attached hydrogen (secondary N) is 1. The Hall–Kier alpha value is -3.14. The van der Waals surface area contributed by atoms with Gasteiger partial charge >= 0.3 is 5.97 Å². The molecule has 0 bridgehead atoms. The number of aromatic hydroxyl groups is 1. The third-order valence-electron chi connectivity index (χ3n) is 4.59. The smallest absolute Gasteiger partial charge is 0.337 e. The van der Waals surface area contributed by atoms with Crippen LogP contribution < -0.4 is 5.43 Å². The summed E-state index contributed by atoms with van der Waals surface area (Å²) in [5.41, 5.74) is 6.93. The highest BCUT2D eigenvalue weighted by Gasteiger charge is 2.12. The summed E-state index contributed by atoms with van der Waals surface area (Å²) < 4.78 is 7.42. The molecule has 0 unspecified atom stereocenters. The first-order chi connectivity index (χ1) is 14.3. The van der Waals surface area contributed by atoms with Crippen LogP contribution in [0.5, 0.6) is 5.75 Å². The molecule has 3 rings (SSSR count). The Bertz CT molecular complexity index is 1130. The van der Waals surface area contributed by atoms with Crippen LogP contribution in [-0.2, 0) is 4.74 Å². The Kier molecular flexibility index (Phi) is 6.56. The number of carbonyl (C=O) groups is 2. The van der Waals surface area contributed by atoms with Gasteiger partial charge in [0.2, 0.25) is 0 Å². The maximum absolute atomic E-state index is 12.2. The van der Waals surface area contributed by atoms with E-state index in [9.17, 15) is 14.7 Å². The van der Waals surface area contributed by atoms with E-state index in [2.05, 4.69) is 10.5 Å². The van der Waals surface area contributed by atoms with Crippen molar-refractivity contribution in [3.63, 3.8) is 0 Å². The van der Waals surface area contributed by atoms with Gasteiger partial charge in [0, 0.05) is 28.2 Å². The number of nitrogens with zero attached hydrogens (tertiary/aromatic N) is 2. The van der Waals surface area contributed by atoms with E-state index in [1.165, 1.54) is 13.2 Å². The molecule has 0 radical (unpaired) electrons. The number of hydrogen-bond donors (Lipinski definition) is 2. The van der Waals surface area contributed by atoms with Crippen LogP contribution in [-0.4, -0.2) is 34.9 Å². The molecular formula is C22H20IN3O4. The van der Waals surface area contributed by atoms with Crippen molar-refractivity contribution in [1.29, 1.82) is 0 Å². The van der Waals surface area contributed by atoms with Crippen LogP contribution in [0.15, 0.2) is 53.6 Å². The van der Waals surface area contributed by atoms with Crippen LogP contribution in [0.1, 0.15) is 37.7 Å². The Morgan fingerprint density at radius 3 is 2.40 bits per heavy atom. The van der Waals surface area contributed by atoms with E-state index < -0.39 is 5.91 Å². The quantitative estimate of drug-likeness (QED) is 0.232. The second-order valence-corrected chi connectivity index (χ2v) is 7.73. The van der Waals surface area contributed by atoms with Crippen molar-refractivity contribution in [2.45, 2.75) is 13.8 Å². The van der Waals surface area contributed by atoms with Gasteiger partial charge in [0.05, 0.1) is 22.5 Å². The molecule has 1 aromatic heterocycles. The first-order valence-corrected chi connectivity index (χ1v) is 10.1. The SMILES string of the molecule is COC(=O)c1ccc(-n2c(C)cc(/C=N\NC(=O)c3ccc(I)c(O)c3)c2C)cc1. The molecule has 1 heterocycles. The van der Waals surface area contributed by atoms with E-state index in [-0.39, 0.29) is 11.7 Å². The van der Waals surface area contributed by atoms with Gasteiger partial charge in [-0.2, -0.15) is 5.10 Å². The van der Waals surface area contributed by atoms with Gasteiger partial charge in [-0.1, -0.05) is 0 Å². The van der Waals surface area contributed by atoms with Crippen LogP contribution in [0, 0.1) is 17.4 Å². The summed E-state index contributed by atoms with van der Waals surface area (Å²) in [5, 5.41) is 13.8. The number of rotatable bonds is 5. The summed E-state index contributed by atoms with van der Waals surface area (Å²) in [6.45, 7) is 3.91. The number of carbonyl (C=O) groups excluding carboxylic acids is 2. The van der Waals surface area contributed by atoms with E-state index in [4.69, 9.17) is 4.74 Å². The highest BCUT2D eigenvalue weighted by atomic mass is 127. The normalized spacial score (nSPS) is 10.9. The monoisotopic (exact) mass is 517 g/mol. The van der Waals surface area contributed by atoms with Gasteiger partial charge in [0.1, 0.15) is 5.75 Å². The number of aryl methyl sites for hydroxylation is 1. The van der Waals surface area contributed by atoms with Crippen molar-refractivity contribution in [3.8, 4) is 11.4 Å². The van der Waals surface area contributed by atoms with Gasteiger partial charge in [0.25, 0.3) is 5.91 Å². The van der Waals surface area contributed by atoms with Crippen molar-refractivity contribution in [3.05, 3.63) is 80.2 Å². The molecule has 0 aliphatic carbocycles. The van der Waals surface area contributed by atoms with E-state index in [0.29, 0.717) is 14.7 Å². The molecule has 0 fully saturated rings. The first kappa shape index (κ1) is 21.6. The zero-order valence-corrected chi connectivity index (χ0v) is 18.8. The average molecular weight is 517 g/mol. The number of phenols is 1. The van der Waals surface area contributed by atoms with E-state index >= 15 is 0 Å². The second-order valence-electron chi connectivity index (χ2n) is 6.57. The summed E-state index contributed by atoms with van der Waals surface area (Å²) in [4.78, 5) is 23.8. The van der Waals surface area contributed by atoms with Crippen LogP contribution in [0.4, 0.5) is 0 Å². The summed E-state index contributed by atoms with van der Waals surface area (Å²) in [7, 11) is 1.35. The number of benzene rings is 2. The van der Waals surface area contributed by atoms with Crippen molar-refractivity contribution in [2.24, 2.45) is 5.10 Å². The molecular weight excluding hydrogens is 497 g/mol. The zero-order valence-electron chi connectivity index (χ0n) is 16.6. The summed E-state index contributed by atoms with van der Waals surface area (Å²) >= 11 is 1.98. The van der Waals surface area contributed by atoms with Gasteiger partial charge in [-0.05, 0) is 85.0 Å². The van der Waals surface area contributed by atoms with Gasteiger partial charge in [-0.15, -0.1) is 0 Å². The molecule has 0 saturated heterocycles. The molecule has 0 aliphatic rings. The molecule has 2 N–H and O–H groups in total. The fourth-order valence-electron chi connectivity index (χ4n) is 3.06. The Balaban J connectivity index is 1.77. The molecule has 0 spiro atoms. The minimum Gasteiger partial charge on any atom is -0.507 e. The minimum atomic E-state index is -0.412. The number of hydrazone groups is 1. The lowest BCUT2D eigenvalue weighted by molar-refractivity contribution is 0.0600. The third kappa shape index (κ3) is 4.54.